The first kappa shape index (κ1) is 10.6. The normalized spacial score (nSPS) is 9.86. The van der Waals surface area contributed by atoms with Gasteiger partial charge in [0.1, 0.15) is 5.75 Å². The maximum atomic E-state index is 10.6. The predicted molar refractivity (Wildman–Crippen MR) is 55.2 cm³/mol. The van der Waals surface area contributed by atoms with Crippen LogP contribution in [-0.4, -0.2) is 13.0 Å². The number of hydrogen-bond donors (Lipinski definition) is 1. The summed E-state index contributed by atoms with van der Waals surface area (Å²) >= 11 is 0. The minimum Gasteiger partial charge on any atom is -0.496 e. The van der Waals surface area contributed by atoms with Gasteiger partial charge in [-0.05, 0) is 25.0 Å². The van der Waals surface area contributed by atoms with Crippen molar-refractivity contribution in [3.8, 4) is 5.75 Å². The van der Waals surface area contributed by atoms with Gasteiger partial charge in [0.15, 0.2) is 0 Å². The molecule has 3 nitrogen and oxygen atoms in total. The van der Waals surface area contributed by atoms with Crippen LogP contribution < -0.4 is 10.5 Å². The molecule has 0 radical (unpaired) electrons. The fraction of sp³-hybridized carbons (Fsp3) is 0.364. The summed E-state index contributed by atoms with van der Waals surface area (Å²) in [5, 5.41) is 0. The van der Waals surface area contributed by atoms with Gasteiger partial charge in [-0.25, -0.2) is 0 Å². The van der Waals surface area contributed by atoms with Crippen molar-refractivity contribution in [2.24, 2.45) is 5.73 Å². The Morgan fingerprint density at radius 2 is 2.21 bits per heavy atom. The molecule has 14 heavy (non-hydrogen) atoms. The lowest BCUT2D eigenvalue weighted by atomic mass is 10.1. The van der Waals surface area contributed by atoms with Gasteiger partial charge in [-0.3, -0.25) is 4.79 Å². The molecular formula is C11H15NO2. The van der Waals surface area contributed by atoms with Crippen LogP contribution in [0.15, 0.2) is 18.2 Å². The summed E-state index contributed by atoms with van der Waals surface area (Å²) in [4.78, 5) is 10.6. The fourth-order valence-corrected chi connectivity index (χ4v) is 1.36. The number of amides is 1. The Hall–Kier alpha value is -1.51. The summed E-state index contributed by atoms with van der Waals surface area (Å²) in [6.07, 6.45) is 1.00. The maximum Gasteiger partial charge on any atom is 0.217 e. The number of methoxy groups -OCH3 is 1. The Morgan fingerprint density at radius 3 is 2.79 bits per heavy atom. The molecule has 3 heteroatoms. The number of aryl methyl sites for hydroxylation is 2. The predicted octanol–water partition coefficient (Wildman–Crippen LogP) is 1.42. The van der Waals surface area contributed by atoms with Crippen LogP contribution in [0.3, 0.4) is 0 Å². The van der Waals surface area contributed by atoms with Gasteiger partial charge in [0.05, 0.1) is 7.11 Å². The second kappa shape index (κ2) is 4.65. The highest BCUT2D eigenvalue weighted by atomic mass is 16.5. The number of primary amides is 1. The van der Waals surface area contributed by atoms with Gasteiger partial charge in [-0.2, -0.15) is 0 Å². The molecule has 0 unspecified atom stereocenters. The first-order valence-corrected chi connectivity index (χ1v) is 4.55. The smallest absolute Gasteiger partial charge is 0.217 e. The number of carbonyl (C=O) groups excluding carboxylic acids is 1. The van der Waals surface area contributed by atoms with Crippen molar-refractivity contribution in [3.05, 3.63) is 29.3 Å². The second-order valence-corrected chi connectivity index (χ2v) is 3.28. The van der Waals surface area contributed by atoms with E-state index in [1.165, 1.54) is 0 Å². The SMILES string of the molecule is COc1ccc(C)cc1CCC(N)=O. The van der Waals surface area contributed by atoms with Crippen molar-refractivity contribution >= 4 is 5.91 Å². The molecule has 0 aliphatic heterocycles. The van der Waals surface area contributed by atoms with Crippen LogP contribution >= 0.6 is 0 Å². The Bertz CT molecular complexity index is 334. The van der Waals surface area contributed by atoms with E-state index in [2.05, 4.69) is 0 Å². The van der Waals surface area contributed by atoms with Crippen LogP contribution in [0, 0.1) is 6.92 Å². The van der Waals surface area contributed by atoms with Crippen molar-refractivity contribution in [2.75, 3.05) is 7.11 Å². The summed E-state index contributed by atoms with van der Waals surface area (Å²) in [5.41, 5.74) is 7.28. The van der Waals surface area contributed by atoms with E-state index in [1.54, 1.807) is 7.11 Å². The van der Waals surface area contributed by atoms with Gasteiger partial charge >= 0.3 is 0 Å². The van der Waals surface area contributed by atoms with Crippen LogP contribution in [0.1, 0.15) is 17.5 Å². The number of ether oxygens (including phenoxy) is 1. The van der Waals surface area contributed by atoms with Crippen molar-refractivity contribution in [2.45, 2.75) is 19.8 Å². The van der Waals surface area contributed by atoms with Crippen molar-refractivity contribution < 1.29 is 9.53 Å². The number of benzene rings is 1. The molecule has 0 saturated heterocycles. The molecule has 0 aliphatic rings. The highest BCUT2D eigenvalue weighted by molar-refractivity contribution is 5.74. The topological polar surface area (TPSA) is 52.3 Å². The van der Waals surface area contributed by atoms with E-state index in [1.807, 2.05) is 25.1 Å². The largest absolute Gasteiger partial charge is 0.496 e. The van der Waals surface area contributed by atoms with Gasteiger partial charge in [-0.1, -0.05) is 17.7 Å². The molecule has 1 amide bonds. The second-order valence-electron chi connectivity index (χ2n) is 3.28. The summed E-state index contributed by atoms with van der Waals surface area (Å²) in [5.74, 6) is 0.533. The van der Waals surface area contributed by atoms with E-state index in [0.717, 1.165) is 16.9 Å². The number of nitrogens with two attached hydrogens (primary N) is 1. The number of rotatable bonds is 4. The van der Waals surface area contributed by atoms with Crippen LogP contribution in [0.5, 0.6) is 5.75 Å². The van der Waals surface area contributed by atoms with Crippen molar-refractivity contribution in [1.29, 1.82) is 0 Å². The van der Waals surface area contributed by atoms with Crippen LogP contribution in [0.4, 0.5) is 0 Å². The van der Waals surface area contributed by atoms with E-state index in [4.69, 9.17) is 10.5 Å². The van der Waals surface area contributed by atoms with Gasteiger partial charge in [-0.15, -0.1) is 0 Å². The number of hydrogen-bond acceptors (Lipinski definition) is 2. The molecule has 0 aromatic heterocycles. The van der Waals surface area contributed by atoms with Gasteiger partial charge in [0.25, 0.3) is 0 Å². The lowest BCUT2D eigenvalue weighted by molar-refractivity contribution is -0.117. The zero-order valence-corrected chi connectivity index (χ0v) is 8.54. The lowest BCUT2D eigenvalue weighted by Gasteiger charge is -2.08. The molecule has 0 spiro atoms. The summed E-state index contributed by atoms with van der Waals surface area (Å²) in [7, 11) is 1.62. The fourth-order valence-electron chi connectivity index (χ4n) is 1.36. The molecule has 0 bridgehead atoms. The van der Waals surface area contributed by atoms with E-state index >= 15 is 0 Å². The van der Waals surface area contributed by atoms with Gasteiger partial charge in [0.2, 0.25) is 5.91 Å². The molecule has 0 saturated carbocycles. The monoisotopic (exact) mass is 193 g/mol. The van der Waals surface area contributed by atoms with E-state index < -0.39 is 0 Å². The average molecular weight is 193 g/mol. The Kier molecular flexibility index (Phi) is 3.51. The third-order valence-corrected chi connectivity index (χ3v) is 2.08. The van der Waals surface area contributed by atoms with E-state index in [-0.39, 0.29) is 5.91 Å². The molecule has 1 aromatic carbocycles. The Morgan fingerprint density at radius 1 is 1.50 bits per heavy atom. The standard InChI is InChI=1S/C11H15NO2/c1-8-3-5-10(14-2)9(7-8)4-6-11(12)13/h3,5,7H,4,6H2,1-2H3,(H2,12,13). The minimum atomic E-state index is -0.284. The Balaban J connectivity index is 2.82. The first-order valence-electron chi connectivity index (χ1n) is 4.55. The molecule has 2 N–H and O–H groups in total. The summed E-state index contributed by atoms with van der Waals surface area (Å²) < 4.78 is 5.18. The third-order valence-electron chi connectivity index (χ3n) is 2.08. The van der Waals surface area contributed by atoms with Crippen LogP contribution in [-0.2, 0) is 11.2 Å². The average Bonchev–Trinajstić information content (AvgIpc) is 2.15. The van der Waals surface area contributed by atoms with Crippen molar-refractivity contribution in [1.82, 2.24) is 0 Å². The van der Waals surface area contributed by atoms with Crippen LogP contribution in [0.25, 0.3) is 0 Å². The van der Waals surface area contributed by atoms with Gasteiger partial charge in [0, 0.05) is 6.42 Å². The van der Waals surface area contributed by atoms with E-state index in [9.17, 15) is 4.79 Å². The summed E-state index contributed by atoms with van der Waals surface area (Å²) in [6, 6.07) is 5.90. The summed E-state index contributed by atoms with van der Waals surface area (Å²) in [6.45, 7) is 2.01. The zero-order chi connectivity index (χ0) is 10.6. The van der Waals surface area contributed by atoms with Gasteiger partial charge < -0.3 is 10.5 Å². The zero-order valence-electron chi connectivity index (χ0n) is 8.54. The Labute approximate surface area is 83.9 Å². The highest BCUT2D eigenvalue weighted by Gasteiger charge is 2.04. The van der Waals surface area contributed by atoms with Crippen molar-refractivity contribution in [3.63, 3.8) is 0 Å². The van der Waals surface area contributed by atoms with E-state index in [0.29, 0.717) is 12.8 Å². The molecule has 1 rings (SSSR count). The third kappa shape index (κ3) is 2.76. The maximum absolute atomic E-state index is 10.6. The molecule has 0 heterocycles. The lowest BCUT2D eigenvalue weighted by Crippen LogP contribution is -2.11. The quantitative estimate of drug-likeness (QED) is 0.786. The minimum absolute atomic E-state index is 0.284. The highest BCUT2D eigenvalue weighted by Crippen LogP contribution is 2.20. The molecule has 0 atom stereocenters. The molecular weight excluding hydrogens is 178 g/mol. The molecule has 0 fully saturated rings. The van der Waals surface area contributed by atoms with Crippen LogP contribution in [0.2, 0.25) is 0 Å². The molecule has 76 valence electrons. The number of carbonyl (C=O) groups is 1. The molecule has 1 aromatic rings. The molecule has 0 aliphatic carbocycles. The first-order chi connectivity index (χ1) is 6.63.